The van der Waals surface area contributed by atoms with Crippen LogP contribution in [0.1, 0.15) is 13.3 Å². The average Bonchev–Trinajstić information content (AvgIpc) is 2.34. The molecule has 0 heterocycles. The molecule has 0 bridgehead atoms. The maximum atomic E-state index is 11.9. The van der Waals surface area contributed by atoms with E-state index in [1.165, 1.54) is 4.90 Å². The van der Waals surface area contributed by atoms with Crippen LogP contribution < -0.4 is 5.32 Å². The summed E-state index contributed by atoms with van der Waals surface area (Å²) in [7, 11) is 0. The molecular weight excluding hydrogens is 336 g/mol. The van der Waals surface area contributed by atoms with Crippen LogP contribution >= 0.6 is 27.5 Å². The zero-order valence-electron chi connectivity index (χ0n) is 10.3. The number of carboxylic acids is 1. The molecule has 104 valence electrons. The first-order chi connectivity index (χ1) is 8.93. The molecule has 0 aliphatic heterocycles. The third-order valence-corrected chi connectivity index (χ3v) is 3.67. The first-order valence-corrected chi connectivity index (χ1v) is 6.84. The molecule has 1 aromatic carbocycles. The van der Waals surface area contributed by atoms with Crippen molar-refractivity contribution in [2.45, 2.75) is 13.3 Å². The van der Waals surface area contributed by atoms with E-state index < -0.39 is 5.97 Å². The van der Waals surface area contributed by atoms with E-state index in [1.54, 1.807) is 25.1 Å². The summed E-state index contributed by atoms with van der Waals surface area (Å²) in [5.74, 6) is -0.932. The van der Waals surface area contributed by atoms with E-state index in [0.29, 0.717) is 17.3 Å². The van der Waals surface area contributed by atoms with Crippen LogP contribution in [0, 0.1) is 0 Å². The maximum absolute atomic E-state index is 11.9. The predicted molar refractivity (Wildman–Crippen MR) is 77.7 cm³/mol. The number of carboxylic acid groups (broad SMARTS) is 1. The molecule has 0 saturated heterocycles. The van der Waals surface area contributed by atoms with Crippen LogP contribution in [0.5, 0.6) is 0 Å². The third-order valence-electron chi connectivity index (χ3n) is 2.44. The molecule has 0 fully saturated rings. The van der Waals surface area contributed by atoms with Gasteiger partial charge in [0.05, 0.1) is 11.4 Å². The van der Waals surface area contributed by atoms with E-state index in [9.17, 15) is 9.59 Å². The van der Waals surface area contributed by atoms with Gasteiger partial charge in [0.2, 0.25) is 0 Å². The van der Waals surface area contributed by atoms with E-state index in [-0.39, 0.29) is 19.0 Å². The Morgan fingerprint density at radius 3 is 2.68 bits per heavy atom. The topological polar surface area (TPSA) is 69.6 Å². The minimum Gasteiger partial charge on any atom is -0.481 e. The summed E-state index contributed by atoms with van der Waals surface area (Å²) in [6.45, 7) is 2.39. The number of aliphatic carboxylic acids is 1. The zero-order valence-corrected chi connectivity index (χ0v) is 12.7. The number of benzene rings is 1. The summed E-state index contributed by atoms with van der Waals surface area (Å²) >= 11 is 9.18. The Labute approximate surface area is 124 Å². The van der Waals surface area contributed by atoms with Crippen molar-refractivity contribution < 1.29 is 14.7 Å². The van der Waals surface area contributed by atoms with Gasteiger partial charge >= 0.3 is 12.0 Å². The van der Waals surface area contributed by atoms with Crippen molar-refractivity contribution in [3.05, 3.63) is 27.7 Å². The van der Waals surface area contributed by atoms with Gasteiger partial charge in [-0.15, -0.1) is 0 Å². The van der Waals surface area contributed by atoms with Crippen LogP contribution in [0.3, 0.4) is 0 Å². The van der Waals surface area contributed by atoms with E-state index in [2.05, 4.69) is 21.2 Å². The van der Waals surface area contributed by atoms with Crippen LogP contribution in [0.25, 0.3) is 0 Å². The molecule has 2 amide bonds. The van der Waals surface area contributed by atoms with Gasteiger partial charge in [0.25, 0.3) is 0 Å². The summed E-state index contributed by atoms with van der Waals surface area (Å²) in [5.41, 5.74) is 0.562. The fourth-order valence-corrected chi connectivity index (χ4v) is 1.84. The SMILES string of the molecule is CCN(CCC(=O)O)C(=O)Nc1ccc(Br)c(Cl)c1. The fraction of sp³-hybridized carbons (Fsp3) is 0.333. The Hall–Kier alpha value is -1.27. The number of rotatable bonds is 5. The van der Waals surface area contributed by atoms with Gasteiger partial charge in [-0.2, -0.15) is 0 Å². The summed E-state index contributed by atoms with van der Waals surface area (Å²) in [6, 6.07) is 4.71. The summed E-state index contributed by atoms with van der Waals surface area (Å²) < 4.78 is 0.741. The Morgan fingerprint density at radius 2 is 2.16 bits per heavy atom. The molecule has 0 spiro atoms. The monoisotopic (exact) mass is 348 g/mol. The van der Waals surface area contributed by atoms with E-state index >= 15 is 0 Å². The number of carbonyl (C=O) groups excluding carboxylic acids is 1. The summed E-state index contributed by atoms with van der Waals surface area (Å²) in [6.07, 6.45) is -0.0810. The quantitative estimate of drug-likeness (QED) is 0.855. The molecule has 0 aliphatic carbocycles. The third kappa shape index (κ3) is 5.08. The standard InChI is InChI=1S/C12H14BrClN2O3/c1-2-16(6-5-11(17)18)12(19)15-8-3-4-9(13)10(14)7-8/h3-4,7H,2,5-6H2,1H3,(H,15,19)(H,17,18). The molecule has 0 unspecified atom stereocenters. The Bertz CT molecular complexity index is 482. The number of hydrogen-bond acceptors (Lipinski definition) is 2. The Kier molecular flexibility index (Phi) is 6.11. The summed E-state index contributed by atoms with van der Waals surface area (Å²) in [4.78, 5) is 23.8. The highest BCUT2D eigenvalue weighted by molar-refractivity contribution is 9.10. The second-order valence-electron chi connectivity index (χ2n) is 3.78. The number of anilines is 1. The minimum atomic E-state index is -0.932. The van der Waals surface area contributed by atoms with Gasteiger partial charge < -0.3 is 15.3 Å². The number of nitrogens with zero attached hydrogens (tertiary/aromatic N) is 1. The van der Waals surface area contributed by atoms with E-state index in [1.807, 2.05) is 0 Å². The van der Waals surface area contributed by atoms with Gasteiger partial charge in [0, 0.05) is 23.2 Å². The molecule has 0 aromatic heterocycles. The Balaban J connectivity index is 2.65. The van der Waals surface area contributed by atoms with Crippen LogP contribution in [-0.2, 0) is 4.79 Å². The van der Waals surface area contributed by atoms with Crippen molar-refractivity contribution >= 4 is 45.2 Å². The summed E-state index contributed by atoms with van der Waals surface area (Å²) in [5, 5.41) is 11.8. The molecule has 7 heteroatoms. The second kappa shape index (κ2) is 7.35. The molecular formula is C12H14BrClN2O3. The van der Waals surface area contributed by atoms with E-state index in [0.717, 1.165) is 4.47 Å². The lowest BCUT2D eigenvalue weighted by atomic mass is 10.3. The first-order valence-electron chi connectivity index (χ1n) is 5.66. The first kappa shape index (κ1) is 15.8. The van der Waals surface area contributed by atoms with Crippen molar-refractivity contribution in [1.29, 1.82) is 0 Å². The highest BCUT2D eigenvalue weighted by Crippen LogP contribution is 2.25. The molecule has 0 atom stereocenters. The molecule has 0 radical (unpaired) electrons. The lowest BCUT2D eigenvalue weighted by Gasteiger charge is -2.20. The highest BCUT2D eigenvalue weighted by atomic mass is 79.9. The van der Waals surface area contributed by atoms with Crippen molar-refractivity contribution in [3.8, 4) is 0 Å². The van der Waals surface area contributed by atoms with Crippen LogP contribution in [0.15, 0.2) is 22.7 Å². The normalized spacial score (nSPS) is 10.1. The zero-order chi connectivity index (χ0) is 14.4. The molecule has 5 nitrogen and oxygen atoms in total. The number of urea groups is 1. The van der Waals surface area contributed by atoms with Gasteiger partial charge in [-0.1, -0.05) is 11.6 Å². The number of carbonyl (C=O) groups is 2. The van der Waals surface area contributed by atoms with Crippen LogP contribution in [-0.4, -0.2) is 35.1 Å². The molecule has 0 aliphatic rings. The largest absolute Gasteiger partial charge is 0.481 e. The lowest BCUT2D eigenvalue weighted by Crippen LogP contribution is -2.36. The van der Waals surface area contributed by atoms with Crippen molar-refractivity contribution in [3.63, 3.8) is 0 Å². The average molecular weight is 350 g/mol. The fourth-order valence-electron chi connectivity index (χ4n) is 1.41. The molecule has 1 aromatic rings. The second-order valence-corrected chi connectivity index (χ2v) is 5.04. The van der Waals surface area contributed by atoms with Crippen LogP contribution in [0.4, 0.5) is 10.5 Å². The number of amides is 2. The smallest absolute Gasteiger partial charge is 0.321 e. The van der Waals surface area contributed by atoms with Gasteiger partial charge in [-0.05, 0) is 41.1 Å². The van der Waals surface area contributed by atoms with Gasteiger partial charge in [0.1, 0.15) is 0 Å². The van der Waals surface area contributed by atoms with Crippen molar-refractivity contribution in [1.82, 2.24) is 4.90 Å². The number of nitrogens with one attached hydrogen (secondary N) is 1. The van der Waals surface area contributed by atoms with Crippen molar-refractivity contribution in [2.24, 2.45) is 0 Å². The van der Waals surface area contributed by atoms with Gasteiger partial charge in [-0.3, -0.25) is 4.79 Å². The molecule has 19 heavy (non-hydrogen) atoms. The molecule has 0 saturated carbocycles. The van der Waals surface area contributed by atoms with Crippen molar-refractivity contribution in [2.75, 3.05) is 18.4 Å². The lowest BCUT2D eigenvalue weighted by molar-refractivity contribution is -0.137. The van der Waals surface area contributed by atoms with Crippen LogP contribution in [0.2, 0.25) is 5.02 Å². The highest BCUT2D eigenvalue weighted by Gasteiger charge is 2.13. The van der Waals surface area contributed by atoms with Gasteiger partial charge in [0.15, 0.2) is 0 Å². The molecule has 1 rings (SSSR count). The Morgan fingerprint density at radius 1 is 1.47 bits per heavy atom. The van der Waals surface area contributed by atoms with Gasteiger partial charge in [-0.25, -0.2) is 4.79 Å². The number of hydrogen-bond donors (Lipinski definition) is 2. The minimum absolute atomic E-state index is 0.0810. The molecule has 2 N–H and O–H groups in total. The van der Waals surface area contributed by atoms with E-state index in [4.69, 9.17) is 16.7 Å². The predicted octanol–water partition coefficient (Wildman–Crippen LogP) is 3.43. The number of halogens is 2. The maximum Gasteiger partial charge on any atom is 0.321 e.